The molecule has 8 heteroatoms. The second-order valence-corrected chi connectivity index (χ2v) is 4.72. The maximum atomic E-state index is 12.2. The minimum atomic E-state index is -0.739. The highest BCUT2D eigenvalue weighted by Crippen LogP contribution is 2.24. The van der Waals surface area contributed by atoms with Crippen LogP contribution in [0.2, 0.25) is 5.02 Å². The summed E-state index contributed by atoms with van der Waals surface area (Å²) in [7, 11) is 0. The molecule has 0 aliphatic carbocycles. The lowest BCUT2D eigenvalue weighted by Gasteiger charge is -2.09. The number of amides is 2. The fourth-order valence-electron chi connectivity index (χ4n) is 1.84. The summed E-state index contributed by atoms with van der Waals surface area (Å²) in [5.74, 6) is -1.46. The summed E-state index contributed by atoms with van der Waals surface area (Å²) < 4.78 is 0. The lowest BCUT2D eigenvalue weighted by atomic mass is 10.1. The van der Waals surface area contributed by atoms with E-state index in [1.54, 1.807) is 12.1 Å². The summed E-state index contributed by atoms with van der Waals surface area (Å²) in [6.07, 6.45) is 0. The molecule has 0 saturated carbocycles. The van der Waals surface area contributed by atoms with Crippen LogP contribution in [0.3, 0.4) is 0 Å². The Labute approximate surface area is 129 Å². The molecule has 0 radical (unpaired) electrons. The molecule has 2 rings (SSSR count). The van der Waals surface area contributed by atoms with Gasteiger partial charge in [-0.1, -0.05) is 23.7 Å². The molecule has 0 unspecified atom stereocenters. The van der Waals surface area contributed by atoms with Gasteiger partial charge in [0.05, 0.1) is 16.2 Å². The number of nitrogens with zero attached hydrogens (tertiary/aromatic N) is 1. The van der Waals surface area contributed by atoms with E-state index in [1.807, 2.05) is 0 Å². The largest absolute Gasteiger partial charge is 0.366 e. The highest BCUT2D eigenvalue weighted by atomic mass is 35.5. The Morgan fingerprint density at radius 1 is 1.14 bits per heavy atom. The number of para-hydroxylation sites is 1. The number of rotatable bonds is 4. The van der Waals surface area contributed by atoms with Gasteiger partial charge < -0.3 is 11.1 Å². The lowest BCUT2D eigenvalue weighted by Crippen LogP contribution is -2.19. The first kappa shape index (κ1) is 15.5. The minimum absolute atomic E-state index is 0.104. The maximum absolute atomic E-state index is 12.2. The zero-order valence-corrected chi connectivity index (χ0v) is 11.8. The zero-order valence-electron chi connectivity index (χ0n) is 11.1. The van der Waals surface area contributed by atoms with Crippen molar-refractivity contribution < 1.29 is 14.5 Å². The smallest absolute Gasteiger partial charge is 0.283 e. The van der Waals surface area contributed by atoms with Crippen LogP contribution in [0, 0.1) is 10.1 Å². The molecule has 2 amide bonds. The molecule has 0 heterocycles. The summed E-state index contributed by atoms with van der Waals surface area (Å²) in [5, 5.41) is 13.6. The number of nitro benzene ring substituents is 1. The van der Waals surface area contributed by atoms with E-state index < -0.39 is 22.4 Å². The molecule has 112 valence electrons. The van der Waals surface area contributed by atoms with Crippen LogP contribution in [0.5, 0.6) is 0 Å². The quantitative estimate of drug-likeness (QED) is 0.665. The molecule has 0 aliphatic heterocycles. The molecule has 2 aromatic rings. The number of benzene rings is 2. The Hall–Kier alpha value is -2.93. The van der Waals surface area contributed by atoms with Crippen LogP contribution in [0.1, 0.15) is 20.7 Å². The molecule has 0 atom stereocenters. The second kappa shape index (κ2) is 6.23. The number of primary amides is 1. The number of carbonyl (C=O) groups excluding carboxylic acids is 2. The van der Waals surface area contributed by atoms with Gasteiger partial charge >= 0.3 is 0 Å². The lowest BCUT2D eigenvalue weighted by molar-refractivity contribution is -0.385. The summed E-state index contributed by atoms with van der Waals surface area (Å²) in [6, 6.07) is 9.77. The van der Waals surface area contributed by atoms with Crippen LogP contribution in [0.4, 0.5) is 11.4 Å². The first-order valence-electron chi connectivity index (χ1n) is 6.04. The molecule has 0 spiro atoms. The van der Waals surface area contributed by atoms with Crippen LogP contribution in [-0.4, -0.2) is 16.7 Å². The van der Waals surface area contributed by atoms with Crippen molar-refractivity contribution in [1.29, 1.82) is 0 Å². The number of halogens is 1. The SMILES string of the molecule is NC(=O)c1ccccc1NC(=O)c1ccc(Cl)cc1[N+](=O)[O-]. The van der Waals surface area contributed by atoms with Crippen LogP contribution in [-0.2, 0) is 0 Å². The van der Waals surface area contributed by atoms with Crippen molar-refractivity contribution in [3.8, 4) is 0 Å². The van der Waals surface area contributed by atoms with Gasteiger partial charge in [0.1, 0.15) is 5.56 Å². The predicted octanol–water partition coefficient (Wildman–Crippen LogP) is 2.60. The van der Waals surface area contributed by atoms with Crippen molar-refractivity contribution in [3.63, 3.8) is 0 Å². The third-order valence-electron chi connectivity index (χ3n) is 2.84. The Bertz CT molecular complexity index is 776. The van der Waals surface area contributed by atoms with Gasteiger partial charge in [-0.15, -0.1) is 0 Å². The molecule has 0 aromatic heterocycles. The highest BCUT2D eigenvalue weighted by molar-refractivity contribution is 6.31. The average molecular weight is 320 g/mol. The minimum Gasteiger partial charge on any atom is -0.366 e. The second-order valence-electron chi connectivity index (χ2n) is 4.28. The van der Waals surface area contributed by atoms with Gasteiger partial charge in [0.2, 0.25) is 0 Å². The van der Waals surface area contributed by atoms with Crippen LogP contribution in [0.15, 0.2) is 42.5 Å². The average Bonchev–Trinajstić information content (AvgIpc) is 2.47. The first-order valence-corrected chi connectivity index (χ1v) is 6.42. The Balaban J connectivity index is 2.39. The van der Waals surface area contributed by atoms with Gasteiger partial charge in [0.25, 0.3) is 17.5 Å². The van der Waals surface area contributed by atoms with E-state index in [4.69, 9.17) is 17.3 Å². The van der Waals surface area contributed by atoms with Gasteiger partial charge in [-0.2, -0.15) is 0 Å². The molecular weight excluding hydrogens is 310 g/mol. The number of nitrogens with two attached hydrogens (primary N) is 1. The Morgan fingerprint density at radius 3 is 2.45 bits per heavy atom. The first-order chi connectivity index (χ1) is 10.4. The van der Waals surface area contributed by atoms with E-state index in [0.29, 0.717) is 0 Å². The molecule has 0 saturated heterocycles. The highest BCUT2D eigenvalue weighted by Gasteiger charge is 2.21. The van der Waals surface area contributed by atoms with Crippen molar-refractivity contribution in [2.24, 2.45) is 5.73 Å². The van der Waals surface area contributed by atoms with Gasteiger partial charge in [0.15, 0.2) is 0 Å². The molecule has 22 heavy (non-hydrogen) atoms. The predicted molar refractivity (Wildman–Crippen MR) is 81.0 cm³/mol. The van der Waals surface area contributed by atoms with Crippen molar-refractivity contribution >= 4 is 34.8 Å². The number of nitrogens with one attached hydrogen (secondary N) is 1. The van der Waals surface area contributed by atoms with Crippen LogP contribution in [0.25, 0.3) is 0 Å². The third-order valence-corrected chi connectivity index (χ3v) is 3.08. The van der Waals surface area contributed by atoms with E-state index in [1.165, 1.54) is 24.3 Å². The molecule has 7 nitrogen and oxygen atoms in total. The normalized spacial score (nSPS) is 10.0. The molecule has 3 N–H and O–H groups in total. The van der Waals surface area contributed by atoms with E-state index in [0.717, 1.165) is 6.07 Å². The summed E-state index contributed by atoms with van der Waals surface area (Å²) in [5.41, 5.74) is 4.88. The van der Waals surface area contributed by atoms with Gasteiger partial charge in [-0.3, -0.25) is 19.7 Å². The van der Waals surface area contributed by atoms with Crippen LogP contribution >= 0.6 is 11.6 Å². The summed E-state index contributed by atoms with van der Waals surface area (Å²) in [6.45, 7) is 0. The number of nitro groups is 1. The van der Waals surface area contributed by atoms with E-state index >= 15 is 0 Å². The summed E-state index contributed by atoms with van der Waals surface area (Å²) in [4.78, 5) is 33.8. The fourth-order valence-corrected chi connectivity index (χ4v) is 2.01. The molecule has 0 bridgehead atoms. The van der Waals surface area contributed by atoms with Crippen molar-refractivity contribution in [3.05, 3.63) is 68.7 Å². The maximum Gasteiger partial charge on any atom is 0.283 e. The summed E-state index contributed by atoms with van der Waals surface area (Å²) >= 11 is 5.70. The Morgan fingerprint density at radius 2 is 1.82 bits per heavy atom. The van der Waals surface area contributed by atoms with Crippen molar-refractivity contribution in [2.45, 2.75) is 0 Å². The molecule has 2 aromatic carbocycles. The number of hydrogen-bond acceptors (Lipinski definition) is 4. The van der Waals surface area contributed by atoms with E-state index in [9.17, 15) is 19.7 Å². The molecular formula is C14H10ClN3O4. The molecule has 0 aliphatic rings. The fraction of sp³-hybridized carbons (Fsp3) is 0. The van der Waals surface area contributed by atoms with Gasteiger partial charge in [-0.05, 0) is 24.3 Å². The standard InChI is InChI=1S/C14H10ClN3O4/c15-8-5-6-10(12(7-8)18(21)22)14(20)17-11-4-2-1-3-9(11)13(16)19/h1-7H,(H2,16,19)(H,17,20). The number of anilines is 1. The van der Waals surface area contributed by atoms with Gasteiger partial charge in [0, 0.05) is 11.1 Å². The monoisotopic (exact) mass is 319 g/mol. The van der Waals surface area contributed by atoms with Crippen LogP contribution < -0.4 is 11.1 Å². The number of hydrogen-bond donors (Lipinski definition) is 2. The van der Waals surface area contributed by atoms with Gasteiger partial charge in [-0.25, -0.2) is 0 Å². The van der Waals surface area contributed by atoms with E-state index in [2.05, 4.69) is 5.32 Å². The number of carbonyl (C=O) groups is 2. The van der Waals surface area contributed by atoms with Crippen molar-refractivity contribution in [1.82, 2.24) is 0 Å². The van der Waals surface area contributed by atoms with E-state index in [-0.39, 0.29) is 21.8 Å². The molecule has 0 fully saturated rings. The third kappa shape index (κ3) is 3.21. The zero-order chi connectivity index (χ0) is 16.3. The van der Waals surface area contributed by atoms with Crippen molar-refractivity contribution in [2.75, 3.05) is 5.32 Å². The topological polar surface area (TPSA) is 115 Å². The Kier molecular flexibility index (Phi) is 4.38.